The minimum absolute atomic E-state index is 0.171. The van der Waals surface area contributed by atoms with Crippen LogP contribution in [0.1, 0.15) is 30.1 Å². The number of halogens is 1. The molecular formula is C16H17ClN2OS. The van der Waals surface area contributed by atoms with Gasteiger partial charge in [0.05, 0.1) is 10.6 Å². The molecule has 21 heavy (non-hydrogen) atoms. The van der Waals surface area contributed by atoms with E-state index in [2.05, 4.69) is 17.2 Å². The summed E-state index contributed by atoms with van der Waals surface area (Å²) in [6.07, 6.45) is 3.96. The Morgan fingerprint density at radius 2 is 2.00 bits per heavy atom. The summed E-state index contributed by atoms with van der Waals surface area (Å²) in [5, 5.41) is 4.41. The van der Waals surface area contributed by atoms with Gasteiger partial charge in [0, 0.05) is 16.9 Å². The van der Waals surface area contributed by atoms with E-state index in [4.69, 9.17) is 11.6 Å². The van der Waals surface area contributed by atoms with Crippen molar-refractivity contribution in [3.63, 3.8) is 0 Å². The number of pyridine rings is 1. The number of anilines is 1. The quantitative estimate of drug-likeness (QED) is 0.609. The first-order valence-electron chi connectivity index (χ1n) is 6.85. The van der Waals surface area contributed by atoms with Gasteiger partial charge in [0.15, 0.2) is 0 Å². The lowest BCUT2D eigenvalue weighted by Crippen LogP contribution is -2.12. The number of benzene rings is 1. The van der Waals surface area contributed by atoms with E-state index in [9.17, 15) is 4.79 Å². The number of hydrogen-bond acceptors (Lipinski definition) is 3. The highest BCUT2D eigenvalue weighted by Crippen LogP contribution is 2.18. The molecule has 0 spiro atoms. The molecule has 1 amide bonds. The van der Waals surface area contributed by atoms with Crippen LogP contribution in [0.2, 0.25) is 5.02 Å². The fourth-order valence-electron chi connectivity index (χ4n) is 1.66. The molecule has 1 aromatic heterocycles. The van der Waals surface area contributed by atoms with Crippen molar-refractivity contribution in [3.8, 4) is 0 Å². The van der Waals surface area contributed by atoms with Crippen LogP contribution < -0.4 is 5.32 Å². The van der Waals surface area contributed by atoms with Gasteiger partial charge in [0.1, 0.15) is 0 Å². The van der Waals surface area contributed by atoms with Crippen molar-refractivity contribution in [2.45, 2.75) is 24.8 Å². The smallest absolute Gasteiger partial charge is 0.257 e. The van der Waals surface area contributed by atoms with E-state index < -0.39 is 0 Å². The molecule has 110 valence electrons. The van der Waals surface area contributed by atoms with E-state index >= 15 is 0 Å². The lowest BCUT2D eigenvalue weighted by Gasteiger charge is -2.06. The molecule has 5 heteroatoms. The number of aromatic nitrogens is 1. The summed E-state index contributed by atoms with van der Waals surface area (Å²) in [7, 11) is 0. The molecule has 0 fully saturated rings. The zero-order valence-electron chi connectivity index (χ0n) is 11.8. The molecule has 2 aromatic rings. The van der Waals surface area contributed by atoms with Crippen LogP contribution in [0.4, 0.5) is 5.69 Å². The van der Waals surface area contributed by atoms with Crippen molar-refractivity contribution in [2.24, 2.45) is 0 Å². The van der Waals surface area contributed by atoms with Crippen LogP contribution in [-0.2, 0) is 0 Å². The second kappa shape index (κ2) is 8.05. The van der Waals surface area contributed by atoms with Gasteiger partial charge in [0.2, 0.25) is 0 Å². The number of amides is 1. The zero-order chi connectivity index (χ0) is 15.1. The average Bonchev–Trinajstić information content (AvgIpc) is 2.50. The molecule has 0 saturated carbocycles. The number of unbranched alkanes of at least 4 members (excludes halogenated alkanes) is 1. The molecule has 1 N–H and O–H groups in total. The topological polar surface area (TPSA) is 42.0 Å². The Bertz CT molecular complexity index is 584. The summed E-state index contributed by atoms with van der Waals surface area (Å²) in [4.78, 5) is 16.4. The van der Waals surface area contributed by atoms with Crippen molar-refractivity contribution >= 4 is 35.0 Å². The van der Waals surface area contributed by atoms with Crippen molar-refractivity contribution in [1.82, 2.24) is 4.98 Å². The van der Waals surface area contributed by atoms with Crippen LogP contribution in [0.15, 0.2) is 47.6 Å². The van der Waals surface area contributed by atoms with Crippen molar-refractivity contribution < 1.29 is 4.79 Å². The van der Waals surface area contributed by atoms with Crippen molar-refractivity contribution in [3.05, 3.63) is 53.2 Å². The summed E-state index contributed by atoms with van der Waals surface area (Å²) in [5.74, 6) is 0.884. The molecule has 1 heterocycles. The molecule has 1 aromatic carbocycles. The maximum absolute atomic E-state index is 12.1. The fraction of sp³-hybridized carbons (Fsp3) is 0.250. The summed E-state index contributed by atoms with van der Waals surface area (Å²) < 4.78 is 0. The monoisotopic (exact) mass is 320 g/mol. The number of carbonyl (C=O) groups is 1. The minimum atomic E-state index is -0.171. The lowest BCUT2D eigenvalue weighted by molar-refractivity contribution is 0.102. The number of carbonyl (C=O) groups excluding carboxylic acids is 1. The SMILES string of the molecule is CCCCSc1ccc(C(=O)Nc2ccc(Cl)cc2)cn1. The van der Waals surface area contributed by atoms with E-state index in [1.165, 1.54) is 12.8 Å². The van der Waals surface area contributed by atoms with Crippen LogP contribution in [0, 0.1) is 0 Å². The third-order valence-corrected chi connectivity index (χ3v) is 4.13. The highest BCUT2D eigenvalue weighted by molar-refractivity contribution is 7.99. The maximum atomic E-state index is 12.1. The highest BCUT2D eigenvalue weighted by atomic mass is 35.5. The van der Waals surface area contributed by atoms with Gasteiger partial charge >= 0.3 is 0 Å². The maximum Gasteiger partial charge on any atom is 0.257 e. The Labute approximate surface area is 134 Å². The van der Waals surface area contributed by atoms with E-state index in [1.807, 2.05) is 6.07 Å². The average molecular weight is 321 g/mol. The molecular weight excluding hydrogens is 304 g/mol. The zero-order valence-corrected chi connectivity index (χ0v) is 13.4. The fourth-order valence-corrected chi connectivity index (χ4v) is 2.72. The first-order chi connectivity index (χ1) is 10.2. The van der Waals surface area contributed by atoms with Crippen LogP contribution in [0.5, 0.6) is 0 Å². The van der Waals surface area contributed by atoms with Gasteiger partial charge in [0.25, 0.3) is 5.91 Å². The predicted molar refractivity (Wildman–Crippen MR) is 89.3 cm³/mol. The Hall–Kier alpha value is -1.52. The molecule has 2 rings (SSSR count). The normalized spacial score (nSPS) is 10.4. The lowest BCUT2D eigenvalue weighted by atomic mass is 10.2. The molecule has 0 bridgehead atoms. The summed E-state index contributed by atoms with van der Waals surface area (Å²) in [6.45, 7) is 2.16. The summed E-state index contributed by atoms with van der Waals surface area (Å²) in [5.41, 5.74) is 1.26. The second-order valence-electron chi connectivity index (χ2n) is 4.55. The molecule has 3 nitrogen and oxygen atoms in total. The molecule has 0 radical (unpaired) electrons. The molecule has 0 aliphatic rings. The first kappa shape index (κ1) is 15.9. The molecule has 0 saturated heterocycles. The van der Waals surface area contributed by atoms with Crippen LogP contribution in [-0.4, -0.2) is 16.6 Å². The first-order valence-corrected chi connectivity index (χ1v) is 8.21. The van der Waals surface area contributed by atoms with Gasteiger partial charge in [-0.2, -0.15) is 0 Å². The van der Waals surface area contributed by atoms with Crippen molar-refractivity contribution in [1.29, 1.82) is 0 Å². The van der Waals surface area contributed by atoms with E-state index in [0.29, 0.717) is 16.3 Å². The Balaban J connectivity index is 1.94. The van der Waals surface area contributed by atoms with Crippen molar-refractivity contribution in [2.75, 3.05) is 11.1 Å². The van der Waals surface area contributed by atoms with Crippen LogP contribution in [0.3, 0.4) is 0 Å². The standard InChI is InChI=1S/C16H17ClN2OS/c1-2-3-10-21-15-9-4-12(11-18-15)16(20)19-14-7-5-13(17)6-8-14/h4-9,11H,2-3,10H2,1H3,(H,19,20). The Morgan fingerprint density at radius 1 is 1.24 bits per heavy atom. The summed E-state index contributed by atoms with van der Waals surface area (Å²) >= 11 is 7.52. The number of hydrogen-bond donors (Lipinski definition) is 1. The number of thioether (sulfide) groups is 1. The van der Waals surface area contributed by atoms with Gasteiger partial charge in [-0.3, -0.25) is 4.79 Å². The third kappa shape index (κ3) is 5.06. The van der Waals surface area contributed by atoms with E-state index in [1.54, 1.807) is 48.3 Å². The van der Waals surface area contributed by atoms with Gasteiger partial charge in [-0.25, -0.2) is 4.98 Å². The number of nitrogens with zero attached hydrogens (tertiary/aromatic N) is 1. The van der Waals surface area contributed by atoms with Gasteiger partial charge < -0.3 is 5.32 Å². The molecule has 0 unspecified atom stereocenters. The van der Waals surface area contributed by atoms with Crippen LogP contribution >= 0.6 is 23.4 Å². The summed E-state index contributed by atoms with van der Waals surface area (Å²) in [6, 6.07) is 10.7. The number of nitrogens with one attached hydrogen (secondary N) is 1. The third-order valence-electron chi connectivity index (χ3n) is 2.85. The van der Waals surface area contributed by atoms with Gasteiger partial charge in [-0.1, -0.05) is 24.9 Å². The largest absolute Gasteiger partial charge is 0.322 e. The van der Waals surface area contributed by atoms with Gasteiger partial charge in [-0.05, 0) is 48.6 Å². The molecule has 0 aliphatic carbocycles. The predicted octanol–water partition coefficient (Wildman–Crippen LogP) is 4.88. The minimum Gasteiger partial charge on any atom is -0.322 e. The number of rotatable bonds is 6. The highest BCUT2D eigenvalue weighted by Gasteiger charge is 2.07. The van der Waals surface area contributed by atoms with E-state index in [-0.39, 0.29) is 5.91 Å². The molecule has 0 aliphatic heterocycles. The van der Waals surface area contributed by atoms with Crippen LogP contribution in [0.25, 0.3) is 0 Å². The Kier molecular flexibility index (Phi) is 6.08. The van der Waals surface area contributed by atoms with Gasteiger partial charge in [-0.15, -0.1) is 11.8 Å². The second-order valence-corrected chi connectivity index (χ2v) is 6.10. The molecule has 0 atom stereocenters. The Morgan fingerprint density at radius 3 is 2.62 bits per heavy atom. The van der Waals surface area contributed by atoms with E-state index in [0.717, 1.165) is 10.8 Å².